The molecule has 23 heavy (non-hydrogen) atoms. The van der Waals surface area contributed by atoms with Crippen molar-refractivity contribution < 1.29 is 13.2 Å². The molecule has 0 bridgehead atoms. The summed E-state index contributed by atoms with van der Waals surface area (Å²) in [5, 5.41) is 4.13. The largest absolute Gasteiger partial charge is 0.494 e. The summed E-state index contributed by atoms with van der Waals surface area (Å²) in [6.45, 7) is 4.34. The van der Waals surface area contributed by atoms with Crippen LogP contribution in [0.4, 0.5) is 0 Å². The molecule has 0 fully saturated rings. The lowest BCUT2D eigenvalue weighted by atomic mass is 10.1. The standard InChI is InChI=1S/C15H20ClN3O3S/c1-4-22-13-8-6-5-7-12(13)9-10-17-23(20,21)14-11(2)18-19(3)15(14)16/h5-8,17H,4,9-10H2,1-3H3. The third-order valence-electron chi connectivity index (χ3n) is 3.33. The normalized spacial score (nSPS) is 11.7. The second-order valence-electron chi connectivity index (χ2n) is 5.02. The lowest BCUT2D eigenvalue weighted by molar-refractivity contribution is 0.336. The lowest BCUT2D eigenvalue weighted by Gasteiger charge is -2.11. The highest BCUT2D eigenvalue weighted by Crippen LogP contribution is 2.24. The summed E-state index contributed by atoms with van der Waals surface area (Å²) in [5.41, 5.74) is 1.32. The minimum absolute atomic E-state index is 0.0276. The number of aromatic nitrogens is 2. The predicted octanol–water partition coefficient (Wildman–Crippen LogP) is 2.30. The molecule has 0 spiro atoms. The van der Waals surface area contributed by atoms with Gasteiger partial charge in [-0.1, -0.05) is 29.8 Å². The summed E-state index contributed by atoms with van der Waals surface area (Å²) in [6, 6.07) is 7.57. The third kappa shape index (κ3) is 4.04. The molecule has 0 radical (unpaired) electrons. The highest BCUT2D eigenvalue weighted by atomic mass is 35.5. The van der Waals surface area contributed by atoms with Gasteiger partial charge in [0.2, 0.25) is 10.0 Å². The Kier molecular flexibility index (Phi) is 5.67. The lowest BCUT2D eigenvalue weighted by Crippen LogP contribution is -2.26. The van der Waals surface area contributed by atoms with E-state index in [-0.39, 0.29) is 16.6 Å². The maximum absolute atomic E-state index is 12.4. The van der Waals surface area contributed by atoms with E-state index in [4.69, 9.17) is 16.3 Å². The third-order valence-corrected chi connectivity index (χ3v) is 5.48. The van der Waals surface area contributed by atoms with Gasteiger partial charge >= 0.3 is 0 Å². The van der Waals surface area contributed by atoms with Gasteiger partial charge in [0.25, 0.3) is 0 Å². The zero-order chi connectivity index (χ0) is 17.0. The topological polar surface area (TPSA) is 73.2 Å². The van der Waals surface area contributed by atoms with E-state index in [9.17, 15) is 8.42 Å². The first-order valence-corrected chi connectivity index (χ1v) is 9.12. The molecule has 0 saturated carbocycles. The van der Waals surface area contributed by atoms with Crippen molar-refractivity contribution >= 4 is 21.6 Å². The Balaban J connectivity index is 2.09. The van der Waals surface area contributed by atoms with Gasteiger partial charge in [0, 0.05) is 13.6 Å². The molecule has 0 amide bonds. The molecule has 0 aliphatic carbocycles. The van der Waals surface area contributed by atoms with E-state index in [2.05, 4.69) is 9.82 Å². The zero-order valence-electron chi connectivity index (χ0n) is 13.3. The van der Waals surface area contributed by atoms with E-state index in [1.165, 1.54) is 4.68 Å². The number of para-hydroxylation sites is 1. The molecule has 0 unspecified atom stereocenters. The van der Waals surface area contributed by atoms with Crippen LogP contribution in [0.25, 0.3) is 0 Å². The molecule has 1 aromatic heterocycles. The second-order valence-corrected chi connectivity index (χ2v) is 7.08. The van der Waals surface area contributed by atoms with E-state index in [0.717, 1.165) is 11.3 Å². The average molecular weight is 358 g/mol. The summed E-state index contributed by atoms with van der Waals surface area (Å²) in [4.78, 5) is 0.0276. The molecule has 2 aromatic rings. The summed E-state index contributed by atoms with van der Waals surface area (Å²) in [6.07, 6.45) is 0.520. The van der Waals surface area contributed by atoms with Crippen molar-refractivity contribution in [1.29, 1.82) is 0 Å². The quantitative estimate of drug-likeness (QED) is 0.825. The van der Waals surface area contributed by atoms with Gasteiger partial charge in [0.1, 0.15) is 15.8 Å². The van der Waals surface area contributed by atoms with E-state index < -0.39 is 10.0 Å². The SMILES string of the molecule is CCOc1ccccc1CCNS(=O)(=O)c1c(C)nn(C)c1Cl. The van der Waals surface area contributed by atoms with E-state index in [1.807, 2.05) is 31.2 Å². The number of nitrogens with one attached hydrogen (secondary N) is 1. The van der Waals surface area contributed by atoms with Crippen molar-refractivity contribution in [3.8, 4) is 5.75 Å². The number of rotatable bonds is 7. The van der Waals surface area contributed by atoms with Gasteiger partial charge in [0.05, 0.1) is 12.3 Å². The number of sulfonamides is 1. The highest BCUT2D eigenvalue weighted by Gasteiger charge is 2.24. The van der Waals surface area contributed by atoms with Crippen LogP contribution in [0, 0.1) is 6.92 Å². The van der Waals surface area contributed by atoms with Crippen LogP contribution in [-0.4, -0.2) is 31.3 Å². The van der Waals surface area contributed by atoms with Crippen molar-refractivity contribution in [2.45, 2.75) is 25.2 Å². The van der Waals surface area contributed by atoms with Gasteiger partial charge in [-0.2, -0.15) is 5.10 Å². The molecular formula is C15H20ClN3O3S. The van der Waals surface area contributed by atoms with Crippen LogP contribution < -0.4 is 9.46 Å². The van der Waals surface area contributed by atoms with Crippen molar-refractivity contribution in [2.24, 2.45) is 7.05 Å². The Morgan fingerprint density at radius 2 is 2.04 bits per heavy atom. The number of nitrogens with zero attached hydrogens (tertiary/aromatic N) is 2. The smallest absolute Gasteiger partial charge is 0.245 e. The summed E-state index contributed by atoms with van der Waals surface area (Å²) in [7, 11) is -2.10. The van der Waals surface area contributed by atoms with Crippen molar-refractivity contribution in [3.05, 3.63) is 40.7 Å². The molecule has 0 aliphatic rings. The van der Waals surface area contributed by atoms with Crippen LogP contribution in [0.15, 0.2) is 29.2 Å². The van der Waals surface area contributed by atoms with Crippen molar-refractivity contribution in [3.63, 3.8) is 0 Å². The number of benzene rings is 1. The summed E-state index contributed by atoms with van der Waals surface area (Å²) >= 11 is 6.02. The summed E-state index contributed by atoms with van der Waals surface area (Å²) < 4.78 is 34.3. The fourth-order valence-electron chi connectivity index (χ4n) is 2.31. The molecule has 2 rings (SSSR count). The Labute approximate surface area is 141 Å². The van der Waals surface area contributed by atoms with Crippen LogP contribution in [0.1, 0.15) is 18.2 Å². The van der Waals surface area contributed by atoms with Crippen LogP contribution in [0.5, 0.6) is 5.75 Å². The number of hydrogen-bond acceptors (Lipinski definition) is 4. The monoisotopic (exact) mass is 357 g/mol. The highest BCUT2D eigenvalue weighted by molar-refractivity contribution is 7.89. The molecule has 1 heterocycles. The maximum Gasteiger partial charge on any atom is 0.245 e. The minimum Gasteiger partial charge on any atom is -0.494 e. The molecule has 1 aromatic carbocycles. The van der Waals surface area contributed by atoms with Gasteiger partial charge in [0.15, 0.2) is 0 Å². The number of ether oxygens (including phenoxy) is 1. The zero-order valence-corrected chi connectivity index (χ0v) is 14.9. The molecule has 0 aliphatic heterocycles. The number of halogens is 1. The van der Waals surface area contributed by atoms with E-state index in [1.54, 1.807) is 14.0 Å². The first-order valence-electron chi connectivity index (χ1n) is 7.26. The Hall–Kier alpha value is -1.57. The maximum atomic E-state index is 12.4. The fourth-order valence-corrected chi connectivity index (χ4v) is 4.09. The first kappa shape index (κ1) is 17.8. The fraction of sp³-hybridized carbons (Fsp3) is 0.400. The Morgan fingerprint density at radius 3 is 2.65 bits per heavy atom. The number of aryl methyl sites for hydroxylation is 2. The molecule has 1 N–H and O–H groups in total. The predicted molar refractivity (Wildman–Crippen MR) is 89.5 cm³/mol. The molecular weight excluding hydrogens is 338 g/mol. The van der Waals surface area contributed by atoms with Gasteiger partial charge in [-0.05, 0) is 31.9 Å². The first-order chi connectivity index (χ1) is 10.9. The van der Waals surface area contributed by atoms with Gasteiger partial charge in [-0.15, -0.1) is 0 Å². The average Bonchev–Trinajstić information content (AvgIpc) is 2.74. The second kappa shape index (κ2) is 7.33. The molecule has 0 atom stereocenters. The van der Waals surface area contributed by atoms with Crippen LogP contribution >= 0.6 is 11.6 Å². The van der Waals surface area contributed by atoms with Gasteiger partial charge in [-0.3, -0.25) is 4.68 Å². The minimum atomic E-state index is -3.70. The van der Waals surface area contributed by atoms with Crippen LogP contribution in [0.3, 0.4) is 0 Å². The van der Waals surface area contributed by atoms with Crippen molar-refractivity contribution in [1.82, 2.24) is 14.5 Å². The molecule has 6 nitrogen and oxygen atoms in total. The van der Waals surface area contributed by atoms with Crippen molar-refractivity contribution in [2.75, 3.05) is 13.2 Å². The Morgan fingerprint density at radius 1 is 1.35 bits per heavy atom. The molecule has 0 saturated heterocycles. The number of hydrogen-bond donors (Lipinski definition) is 1. The van der Waals surface area contributed by atoms with E-state index in [0.29, 0.717) is 18.7 Å². The van der Waals surface area contributed by atoms with Gasteiger partial charge in [-0.25, -0.2) is 13.1 Å². The summed E-state index contributed by atoms with van der Waals surface area (Å²) in [5.74, 6) is 0.768. The molecule has 126 valence electrons. The van der Waals surface area contributed by atoms with Crippen LogP contribution in [0.2, 0.25) is 5.15 Å². The van der Waals surface area contributed by atoms with Crippen LogP contribution in [-0.2, 0) is 23.5 Å². The van der Waals surface area contributed by atoms with E-state index >= 15 is 0 Å². The Bertz CT molecular complexity index is 787. The molecule has 8 heteroatoms. The van der Waals surface area contributed by atoms with Gasteiger partial charge < -0.3 is 4.74 Å².